The van der Waals surface area contributed by atoms with Gasteiger partial charge in [0.05, 0.1) is 11.5 Å². The summed E-state index contributed by atoms with van der Waals surface area (Å²) in [5.41, 5.74) is 0.796. The molecule has 7 heteroatoms. The molecular weight excluding hydrogens is 410 g/mol. The topological polar surface area (TPSA) is 40.5 Å². The van der Waals surface area contributed by atoms with Crippen LogP contribution in [-0.2, 0) is 11.0 Å². The Morgan fingerprint density at radius 2 is 1.94 bits per heavy atom. The third-order valence-electron chi connectivity index (χ3n) is 5.65. The summed E-state index contributed by atoms with van der Waals surface area (Å²) in [7, 11) is 0. The van der Waals surface area contributed by atoms with Crippen LogP contribution in [0, 0.1) is 18.7 Å². The second kappa shape index (κ2) is 9.64. The number of hydrogen-bond acceptors (Lipinski definition) is 2. The lowest BCUT2D eigenvalue weighted by Gasteiger charge is -2.30. The first-order valence-corrected chi connectivity index (χ1v) is 10.2. The lowest BCUT2D eigenvalue weighted by Crippen LogP contribution is -2.39. The van der Waals surface area contributed by atoms with E-state index in [9.17, 15) is 27.5 Å². The zero-order valence-corrected chi connectivity index (χ0v) is 17.3. The summed E-state index contributed by atoms with van der Waals surface area (Å²) < 4.78 is 54.6. The number of nitrogens with zero attached hydrogens (tertiary/aromatic N) is 1. The first kappa shape index (κ1) is 23.0. The Balaban J connectivity index is 1.93. The second-order valence-corrected chi connectivity index (χ2v) is 7.89. The number of aryl methyl sites for hydroxylation is 1. The number of likely N-dealkylation sites (tertiary alicyclic amines) is 1. The molecule has 2 aromatic carbocycles. The van der Waals surface area contributed by atoms with Crippen molar-refractivity contribution in [1.29, 1.82) is 0 Å². The Labute approximate surface area is 179 Å². The van der Waals surface area contributed by atoms with Gasteiger partial charge in [-0.2, -0.15) is 13.2 Å². The minimum atomic E-state index is -4.52. The molecule has 2 aromatic rings. The number of piperidine rings is 1. The normalized spacial score (nSPS) is 18.2. The van der Waals surface area contributed by atoms with Gasteiger partial charge in [0.25, 0.3) is 0 Å². The molecule has 0 amide bonds. The highest BCUT2D eigenvalue weighted by Gasteiger charge is 2.34. The van der Waals surface area contributed by atoms with Crippen LogP contribution in [0.25, 0.3) is 5.57 Å². The van der Waals surface area contributed by atoms with Gasteiger partial charge in [0, 0.05) is 13.1 Å². The van der Waals surface area contributed by atoms with Crippen LogP contribution in [0.3, 0.4) is 0 Å². The minimum absolute atomic E-state index is 0.0479. The van der Waals surface area contributed by atoms with Crippen molar-refractivity contribution < 1.29 is 27.5 Å². The number of benzene rings is 2. The van der Waals surface area contributed by atoms with Crippen molar-refractivity contribution in [2.75, 3.05) is 19.6 Å². The molecular formula is C24H25F4NO2. The molecule has 31 heavy (non-hydrogen) atoms. The number of rotatable bonds is 6. The van der Waals surface area contributed by atoms with Crippen LogP contribution < -0.4 is 0 Å². The highest BCUT2D eigenvalue weighted by molar-refractivity contribution is 5.83. The van der Waals surface area contributed by atoms with E-state index < -0.39 is 29.4 Å². The van der Waals surface area contributed by atoms with Crippen molar-refractivity contribution in [3.63, 3.8) is 0 Å². The number of alkyl halides is 3. The molecule has 0 aliphatic carbocycles. The maximum absolute atomic E-state index is 13.7. The number of aliphatic carboxylic acids is 1. The zero-order chi connectivity index (χ0) is 22.6. The molecule has 0 aromatic heterocycles. The molecule has 0 spiro atoms. The largest absolute Gasteiger partial charge is 0.481 e. The quantitative estimate of drug-likeness (QED) is 0.586. The predicted molar refractivity (Wildman–Crippen MR) is 111 cm³/mol. The Kier molecular flexibility index (Phi) is 7.15. The van der Waals surface area contributed by atoms with Crippen molar-refractivity contribution in [3.8, 4) is 0 Å². The Morgan fingerprint density at radius 3 is 2.61 bits per heavy atom. The van der Waals surface area contributed by atoms with Crippen molar-refractivity contribution in [3.05, 3.63) is 76.6 Å². The average Bonchev–Trinajstić information content (AvgIpc) is 2.71. The van der Waals surface area contributed by atoms with Crippen molar-refractivity contribution in [1.82, 2.24) is 4.90 Å². The van der Waals surface area contributed by atoms with E-state index in [2.05, 4.69) is 0 Å². The zero-order valence-electron chi connectivity index (χ0n) is 17.3. The van der Waals surface area contributed by atoms with Gasteiger partial charge >= 0.3 is 12.1 Å². The highest BCUT2D eigenvalue weighted by atomic mass is 19.4. The molecule has 0 saturated carbocycles. The minimum Gasteiger partial charge on any atom is -0.481 e. The van der Waals surface area contributed by atoms with Gasteiger partial charge in [-0.05, 0) is 73.2 Å². The van der Waals surface area contributed by atoms with Gasteiger partial charge < -0.3 is 10.0 Å². The Morgan fingerprint density at radius 1 is 1.19 bits per heavy atom. The maximum Gasteiger partial charge on any atom is 0.417 e. The SMILES string of the molecule is Cc1cc(F)ccc1/C(=C\CCN1CCC[C@@H](C(=O)O)C1)c1ccccc1C(F)(F)F. The van der Waals surface area contributed by atoms with E-state index in [1.54, 1.807) is 19.1 Å². The van der Waals surface area contributed by atoms with Crippen LogP contribution in [-0.4, -0.2) is 35.6 Å². The van der Waals surface area contributed by atoms with E-state index in [0.717, 1.165) is 19.0 Å². The molecule has 3 nitrogen and oxygen atoms in total. The molecule has 1 aliphatic heterocycles. The summed E-state index contributed by atoms with van der Waals surface area (Å²) >= 11 is 0. The van der Waals surface area contributed by atoms with Gasteiger partial charge in [-0.25, -0.2) is 4.39 Å². The monoisotopic (exact) mass is 435 g/mol. The average molecular weight is 435 g/mol. The highest BCUT2D eigenvalue weighted by Crippen LogP contribution is 2.38. The number of carboxylic acid groups (broad SMARTS) is 1. The van der Waals surface area contributed by atoms with E-state index in [1.807, 2.05) is 4.90 Å². The summed E-state index contributed by atoms with van der Waals surface area (Å²) in [6, 6.07) is 9.43. The van der Waals surface area contributed by atoms with Crippen molar-refractivity contribution >= 4 is 11.5 Å². The first-order chi connectivity index (χ1) is 14.7. The van der Waals surface area contributed by atoms with Gasteiger partial charge in [0.15, 0.2) is 0 Å². The van der Waals surface area contributed by atoms with E-state index in [1.165, 1.54) is 30.3 Å². The Hall–Kier alpha value is -2.67. The van der Waals surface area contributed by atoms with E-state index in [4.69, 9.17) is 0 Å². The third-order valence-corrected chi connectivity index (χ3v) is 5.65. The molecule has 1 fully saturated rings. The van der Waals surface area contributed by atoms with E-state index in [-0.39, 0.29) is 5.56 Å². The molecule has 0 unspecified atom stereocenters. The molecule has 0 bridgehead atoms. The molecule has 3 rings (SSSR count). The van der Waals surface area contributed by atoms with Crippen LogP contribution in [0.2, 0.25) is 0 Å². The molecule has 1 N–H and O–H groups in total. The summed E-state index contributed by atoms with van der Waals surface area (Å²) in [4.78, 5) is 13.3. The number of hydrogen-bond donors (Lipinski definition) is 1. The molecule has 0 radical (unpaired) electrons. The fraction of sp³-hybridized carbons (Fsp3) is 0.375. The lowest BCUT2D eigenvalue weighted by atomic mass is 9.90. The number of carboxylic acids is 1. The number of carbonyl (C=O) groups is 1. The summed E-state index contributed by atoms with van der Waals surface area (Å²) in [5.74, 6) is -1.68. The lowest BCUT2D eigenvalue weighted by molar-refractivity contribution is -0.143. The molecule has 1 heterocycles. The van der Waals surface area contributed by atoms with Gasteiger partial charge in [-0.15, -0.1) is 0 Å². The first-order valence-electron chi connectivity index (χ1n) is 10.2. The Bertz CT molecular complexity index is 968. The van der Waals surface area contributed by atoms with Crippen molar-refractivity contribution in [2.24, 2.45) is 5.92 Å². The third kappa shape index (κ3) is 5.73. The van der Waals surface area contributed by atoms with Crippen LogP contribution in [0.1, 0.15) is 41.5 Å². The fourth-order valence-corrected chi connectivity index (χ4v) is 4.11. The summed E-state index contributed by atoms with van der Waals surface area (Å²) in [6.07, 6.45) is -0.909. The maximum atomic E-state index is 13.7. The van der Waals surface area contributed by atoms with Gasteiger partial charge in [-0.1, -0.05) is 30.3 Å². The van der Waals surface area contributed by atoms with Gasteiger partial charge in [0.1, 0.15) is 5.82 Å². The van der Waals surface area contributed by atoms with Crippen LogP contribution >= 0.6 is 0 Å². The van der Waals surface area contributed by atoms with Crippen LogP contribution in [0.15, 0.2) is 48.5 Å². The second-order valence-electron chi connectivity index (χ2n) is 7.89. The van der Waals surface area contributed by atoms with Gasteiger partial charge in [0.2, 0.25) is 0 Å². The van der Waals surface area contributed by atoms with E-state index >= 15 is 0 Å². The van der Waals surface area contributed by atoms with Gasteiger partial charge in [-0.3, -0.25) is 4.79 Å². The molecule has 1 saturated heterocycles. The number of halogens is 4. The standard InChI is InChI=1S/C24H25F4NO2/c1-16-14-18(25)10-11-19(16)20(21-7-2-3-9-22(21)24(26,27)28)8-5-13-29-12-4-6-17(15-29)23(30)31/h2-3,7-11,14,17H,4-6,12-13,15H2,1H3,(H,30,31)/b20-8+/t17-/m1/s1. The van der Waals surface area contributed by atoms with E-state index in [0.29, 0.717) is 42.6 Å². The summed E-state index contributed by atoms with van der Waals surface area (Å²) in [6.45, 7) is 3.42. The van der Waals surface area contributed by atoms with Crippen molar-refractivity contribution in [2.45, 2.75) is 32.4 Å². The molecule has 1 aliphatic rings. The fourth-order valence-electron chi connectivity index (χ4n) is 4.11. The molecule has 1 atom stereocenters. The van der Waals surface area contributed by atoms with Crippen LogP contribution in [0.5, 0.6) is 0 Å². The molecule has 166 valence electrons. The smallest absolute Gasteiger partial charge is 0.417 e. The van der Waals surface area contributed by atoms with Crippen LogP contribution in [0.4, 0.5) is 17.6 Å². The predicted octanol–water partition coefficient (Wildman–Crippen LogP) is 5.77. The summed E-state index contributed by atoms with van der Waals surface area (Å²) in [5, 5.41) is 9.25.